The first-order valence-corrected chi connectivity index (χ1v) is 5.92. The van der Waals surface area contributed by atoms with Crippen LogP contribution in [-0.2, 0) is 0 Å². The van der Waals surface area contributed by atoms with E-state index >= 15 is 0 Å². The molecule has 0 saturated heterocycles. The summed E-state index contributed by atoms with van der Waals surface area (Å²) in [5.74, 6) is 0.850. The lowest BCUT2D eigenvalue weighted by molar-refractivity contribution is 0.602. The fourth-order valence-corrected chi connectivity index (χ4v) is 2.43. The predicted molar refractivity (Wildman–Crippen MR) is 64.4 cm³/mol. The molecule has 1 aliphatic carbocycles. The molecule has 0 radical (unpaired) electrons. The highest BCUT2D eigenvalue weighted by atomic mass is 35.5. The number of pyridine rings is 1. The maximum absolute atomic E-state index is 5.82. The van der Waals surface area contributed by atoms with E-state index in [-0.39, 0.29) is 0 Å². The van der Waals surface area contributed by atoms with Gasteiger partial charge in [0, 0.05) is 6.04 Å². The molecule has 2 rings (SSSR count). The van der Waals surface area contributed by atoms with Crippen LogP contribution in [0.5, 0.6) is 0 Å². The molecule has 2 nitrogen and oxygen atoms in total. The van der Waals surface area contributed by atoms with Crippen molar-refractivity contribution in [1.82, 2.24) is 4.98 Å². The van der Waals surface area contributed by atoms with Crippen molar-refractivity contribution in [3.05, 3.63) is 23.0 Å². The van der Waals surface area contributed by atoms with Gasteiger partial charge in [-0.15, -0.1) is 0 Å². The van der Waals surface area contributed by atoms with E-state index in [4.69, 9.17) is 11.6 Å². The van der Waals surface area contributed by atoms with E-state index in [0.29, 0.717) is 11.2 Å². The predicted octanol–water partition coefficient (Wildman–Crippen LogP) is 3.64. The minimum Gasteiger partial charge on any atom is -0.381 e. The smallest absolute Gasteiger partial charge is 0.129 e. The van der Waals surface area contributed by atoms with Crippen LogP contribution < -0.4 is 5.32 Å². The number of halogens is 1. The molecule has 1 aromatic heterocycles. The van der Waals surface area contributed by atoms with E-state index in [1.54, 1.807) is 0 Å². The second-order valence-electron chi connectivity index (χ2n) is 4.53. The highest BCUT2D eigenvalue weighted by molar-refractivity contribution is 6.29. The molecule has 82 valence electrons. The van der Waals surface area contributed by atoms with Crippen LogP contribution in [0.4, 0.5) is 5.69 Å². The topological polar surface area (TPSA) is 24.9 Å². The van der Waals surface area contributed by atoms with Crippen LogP contribution in [0.1, 0.15) is 31.9 Å². The molecule has 0 aliphatic heterocycles. The Morgan fingerprint density at radius 3 is 2.80 bits per heavy atom. The standard InChI is InChI=1S/C12H17ClN2/c1-8-3-4-10(7-8)15-11-5-6-12(13)14-9(11)2/h5-6,8,10,15H,3-4,7H2,1-2H3. The fourth-order valence-electron chi connectivity index (χ4n) is 2.24. The van der Waals surface area contributed by atoms with Crippen LogP contribution in [-0.4, -0.2) is 11.0 Å². The first-order chi connectivity index (χ1) is 7.15. The summed E-state index contributed by atoms with van der Waals surface area (Å²) in [5, 5.41) is 4.11. The van der Waals surface area contributed by atoms with Gasteiger partial charge in [-0.1, -0.05) is 18.5 Å². The highest BCUT2D eigenvalue weighted by Crippen LogP contribution is 2.28. The van der Waals surface area contributed by atoms with Crippen LogP contribution in [0.15, 0.2) is 12.1 Å². The van der Waals surface area contributed by atoms with Crippen LogP contribution in [0.2, 0.25) is 5.15 Å². The molecule has 0 aromatic carbocycles. The maximum Gasteiger partial charge on any atom is 0.129 e. The van der Waals surface area contributed by atoms with Crippen molar-refractivity contribution in [2.75, 3.05) is 5.32 Å². The normalized spacial score (nSPS) is 25.5. The zero-order valence-corrected chi connectivity index (χ0v) is 10.0. The first-order valence-electron chi connectivity index (χ1n) is 5.55. The third kappa shape index (κ3) is 2.63. The second-order valence-corrected chi connectivity index (χ2v) is 4.91. The second kappa shape index (κ2) is 4.40. The van der Waals surface area contributed by atoms with E-state index in [9.17, 15) is 0 Å². The molecule has 2 unspecified atom stereocenters. The zero-order chi connectivity index (χ0) is 10.8. The van der Waals surface area contributed by atoms with Crippen molar-refractivity contribution in [3.63, 3.8) is 0 Å². The van der Waals surface area contributed by atoms with E-state index < -0.39 is 0 Å². The summed E-state index contributed by atoms with van der Waals surface area (Å²) in [6.45, 7) is 4.31. The molecule has 1 heterocycles. The third-order valence-electron chi connectivity index (χ3n) is 3.11. The summed E-state index contributed by atoms with van der Waals surface area (Å²) in [7, 11) is 0. The van der Waals surface area contributed by atoms with Crippen molar-refractivity contribution >= 4 is 17.3 Å². The third-order valence-corrected chi connectivity index (χ3v) is 3.32. The average Bonchev–Trinajstić information content (AvgIpc) is 2.56. The van der Waals surface area contributed by atoms with Gasteiger partial charge in [-0.3, -0.25) is 0 Å². The lowest BCUT2D eigenvalue weighted by atomic mass is 10.1. The molecule has 1 fully saturated rings. The number of anilines is 1. The molecule has 0 spiro atoms. The Hall–Kier alpha value is -0.760. The van der Waals surface area contributed by atoms with Gasteiger partial charge in [0.25, 0.3) is 0 Å². The Kier molecular flexibility index (Phi) is 3.15. The van der Waals surface area contributed by atoms with E-state index in [0.717, 1.165) is 17.3 Å². The summed E-state index contributed by atoms with van der Waals surface area (Å²) >= 11 is 5.82. The monoisotopic (exact) mass is 224 g/mol. The van der Waals surface area contributed by atoms with Crippen LogP contribution in [0.3, 0.4) is 0 Å². The Labute approximate surface area is 96.1 Å². The summed E-state index contributed by atoms with van der Waals surface area (Å²) in [6.07, 6.45) is 3.86. The molecule has 1 saturated carbocycles. The molecule has 1 aliphatic rings. The molecule has 0 bridgehead atoms. The maximum atomic E-state index is 5.82. The van der Waals surface area contributed by atoms with Gasteiger partial charge in [0.15, 0.2) is 0 Å². The summed E-state index contributed by atoms with van der Waals surface area (Å²) < 4.78 is 0. The van der Waals surface area contributed by atoms with Crippen LogP contribution >= 0.6 is 11.6 Å². The van der Waals surface area contributed by atoms with Crippen molar-refractivity contribution in [2.24, 2.45) is 5.92 Å². The van der Waals surface area contributed by atoms with Gasteiger partial charge in [0.1, 0.15) is 5.15 Å². The number of nitrogens with one attached hydrogen (secondary N) is 1. The lowest BCUT2D eigenvalue weighted by Gasteiger charge is -2.15. The lowest BCUT2D eigenvalue weighted by Crippen LogP contribution is -2.16. The zero-order valence-electron chi connectivity index (χ0n) is 9.26. The number of aryl methyl sites for hydroxylation is 1. The molecule has 2 atom stereocenters. The Balaban J connectivity index is 2.04. The van der Waals surface area contributed by atoms with Crippen LogP contribution in [0, 0.1) is 12.8 Å². The van der Waals surface area contributed by atoms with Gasteiger partial charge in [-0.05, 0) is 44.2 Å². The van der Waals surface area contributed by atoms with Gasteiger partial charge in [0.2, 0.25) is 0 Å². The fraction of sp³-hybridized carbons (Fsp3) is 0.583. The number of rotatable bonds is 2. The Bertz CT molecular complexity index is 351. The SMILES string of the molecule is Cc1nc(Cl)ccc1NC1CCC(C)C1. The molecular formula is C12H17ClN2. The average molecular weight is 225 g/mol. The summed E-state index contributed by atoms with van der Waals surface area (Å²) in [6, 6.07) is 4.48. The van der Waals surface area contributed by atoms with Gasteiger partial charge >= 0.3 is 0 Å². The molecule has 1 aromatic rings. The number of hydrogen-bond acceptors (Lipinski definition) is 2. The molecular weight excluding hydrogens is 208 g/mol. The largest absolute Gasteiger partial charge is 0.381 e. The Morgan fingerprint density at radius 2 is 2.20 bits per heavy atom. The number of aromatic nitrogens is 1. The van der Waals surface area contributed by atoms with Crippen molar-refractivity contribution in [3.8, 4) is 0 Å². The molecule has 3 heteroatoms. The van der Waals surface area contributed by atoms with Crippen molar-refractivity contribution in [1.29, 1.82) is 0 Å². The van der Waals surface area contributed by atoms with E-state index in [1.165, 1.54) is 19.3 Å². The highest BCUT2D eigenvalue weighted by Gasteiger charge is 2.21. The first kappa shape index (κ1) is 10.7. The van der Waals surface area contributed by atoms with E-state index in [2.05, 4.69) is 17.2 Å². The molecule has 0 amide bonds. The quantitative estimate of drug-likeness (QED) is 0.776. The number of nitrogens with zero attached hydrogens (tertiary/aromatic N) is 1. The van der Waals surface area contributed by atoms with Crippen molar-refractivity contribution < 1.29 is 0 Å². The van der Waals surface area contributed by atoms with Gasteiger partial charge in [0.05, 0.1) is 11.4 Å². The van der Waals surface area contributed by atoms with Crippen molar-refractivity contribution in [2.45, 2.75) is 39.2 Å². The van der Waals surface area contributed by atoms with Gasteiger partial charge < -0.3 is 5.32 Å². The molecule has 1 N–H and O–H groups in total. The minimum atomic E-state index is 0.567. The molecule has 15 heavy (non-hydrogen) atoms. The number of hydrogen-bond donors (Lipinski definition) is 1. The van der Waals surface area contributed by atoms with Crippen LogP contribution in [0.25, 0.3) is 0 Å². The van der Waals surface area contributed by atoms with Gasteiger partial charge in [-0.25, -0.2) is 4.98 Å². The van der Waals surface area contributed by atoms with E-state index in [1.807, 2.05) is 19.1 Å². The minimum absolute atomic E-state index is 0.567. The Morgan fingerprint density at radius 1 is 1.40 bits per heavy atom. The summed E-state index contributed by atoms with van der Waals surface area (Å²) in [4.78, 5) is 4.24. The summed E-state index contributed by atoms with van der Waals surface area (Å²) in [5.41, 5.74) is 2.11. The van der Waals surface area contributed by atoms with Gasteiger partial charge in [-0.2, -0.15) is 0 Å².